The van der Waals surface area contributed by atoms with Crippen LogP contribution < -0.4 is 0 Å². The molecule has 4 heteroatoms. The third-order valence-corrected chi connectivity index (χ3v) is 2.60. The molecule has 0 saturated heterocycles. The van der Waals surface area contributed by atoms with Crippen LogP contribution >= 0.6 is 11.9 Å². The summed E-state index contributed by atoms with van der Waals surface area (Å²) in [7, 11) is 0. The van der Waals surface area contributed by atoms with Crippen molar-refractivity contribution in [1.29, 1.82) is 0 Å². The Labute approximate surface area is 105 Å². The molecule has 0 saturated carbocycles. The molecule has 0 fully saturated rings. The Morgan fingerprint density at radius 2 is 1.19 bits per heavy atom. The largest absolute Gasteiger partial charge is 0.295 e. The van der Waals surface area contributed by atoms with Crippen molar-refractivity contribution in [2.75, 3.05) is 6.54 Å². The second-order valence-electron chi connectivity index (χ2n) is 4.03. The monoisotopic (exact) mass is 251 g/mol. The van der Waals surface area contributed by atoms with Crippen LogP contribution in [0, 0.1) is 4.91 Å². The quantitative estimate of drug-likeness (QED) is 0.423. The summed E-state index contributed by atoms with van der Waals surface area (Å²) in [5.74, 6) is 0. The Hall–Kier alpha value is -0.150. The van der Waals surface area contributed by atoms with Crippen LogP contribution in [-0.4, -0.2) is 11.2 Å². The van der Waals surface area contributed by atoms with Crippen molar-refractivity contribution < 1.29 is 4.66 Å². The molecule has 0 unspecified atom stereocenters. The summed E-state index contributed by atoms with van der Waals surface area (Å²) in [6.07, 6.45) is 13.1. The van der Waals surface area contributed by atoms with Crippen LogP contribution in [0.1, 0.15) is 71.1 Å². The van der Waals surface area contributed by atoms with Crippen molar-refractivity contribution in [2.24, 2.45) is 5.18 Å². The maximum atomic E-state index is 9.79. The van der Waals surface area contributed by atoms with Crippen LogP contribution in [0.25, 0.3) is 0 Å². The van der Waals surface area contributed by atoms with Gasteiger partial charge in [-0.1, -0.05) is 69.9 Å². The van der Waals surface area contributed by atoms with E-state index in [0.717, 1.165) is 6.42 Å². The van der Waals surface area contributed by atoms with Gasteiger partial charge in [-0.15, -0.1) is 0 Å². The van der Waals surface area contributed by atoms with E-state index >= 15 is 0 Å². The molecule has 98 valence electrons. The number of nitrogens with zero attached hydrogens (tertiary/aromatic N) is 1. The highest BCUT2D eigenvalue weighted by Gasteiger charge is 1.91. The van der Waals surface area contributed by atoms with Crippen LogP contribution in [0.2, 0.25) is 0 Å². The van der Waals surface area contributed by atoms with Crippen LogP contribution in [0.4, 0.5) is 0 Å². The number of hydrogen-bond acceptors (Lipinski definition) is 3. The SMILES string of the molecule is CCCCCCCCCCCCN=O.OCl. The molecule has 0 rings (SSSR count). The fourth-order valence-corrected chi connectivity index (χ4v) is 1.66. The van der Waals surface area contributed by atoms with Gasteiger partial charge in [0.05, 0.1) is 18.4 Å². The van der Waals surface area contributed by atoms with E-state index in [1.165, 1.54) is 57.8 Å². The predicted molar refractivity (Wildman–Crippen MR) is 70.6 cm³/mol. The predicted octanol–water partition coefficient (Wildman–Crippen LogP) is 4.81. The molecule has 0 aromatic carbocycles. The molecule has 0 radical (unpaired) electrons. The van der Waals surface area contributed by atoms with E-state index in [4.69, 9.17) is 4.66 Å². The first-order chi connectivity index (χ1) is 7.91. The normalized spacial score (nSPS) is 9.44. The topological polar surface area (TPSA) is 49.7 Å². The van der Waals surface area contributed by atoms with E-state index in [1.54, 1.807) is 0 Å². The maximum absolute atomic E-state index is 9.79. The number of rotatable bonds is 11. The van der Waals surface area contributed by atoms with Gasteiger partial charge in [0.15, 0.2) is 0 Å². The fourth-order valence-electron chi connectivity index (χ4n) is 1.66. The van der Waals surface area contributed by atoms with Gasteiger partial charge in [0.2, 0.25) is 0 Å². The first-order valence-electron chi connectivity index (χ1n) is 6.37. The summed E-state index contributed by atoms with van der Waals surface area (Å²) in [6.45, 7) is 2.76. The molecule has 16 heavy (non-hydrogen) atoms. The highest BCUT2D eigenvalue weighted by Crippen LogP contribution is 2.10. The molecular formula is C12H26ClNO2. The highest BCUT2D eigenvalue weighted by molar-refractivity contribution is 6.04. The lowest BCUT2D eigenvalue weighted by Crippen LogP contribution is -1.83. The molecule has 0 bridgehead atoms. The van der Waals surface area contributed by atoms with E-state index in [1.807, 2.05) is 0 Å². The van der Waals surface area contributed by atoms with Crippen LogP contribution in [0.15, 0.2) is 5.18 Å². The first-order valence-corrected chi connectivity index (χ1v) is 6.71. The number of unbranched alkanes of at least 4 members (excludes halogenated alkanes) is 9. The summed E-state index contributed by atoms with van der Waals surface area (Å²) in [5, 5.41) is 2.85. The van der Waals surface area contributed by atoms with Gasteiger partial charge < -0.3 is 0 Å². The zero-order valence-corrected chi connectivity index (χ0v) is 11.2. The molecule has 0 aromatic rings. The summed E-state index contributed by atoms with van der Waals surface area (Å²) in [5.41, 5.74) is 0. The number of hydrogen-bond donors (Lipinski definition) is 1. The molecule has 0 aromatic heterocycles. The lowest BCUT2D eigenvalue weighted by molar-refractivity contribution is 0.558. The zero-order valence-electron chi connectivity index (χ0n) is 10.5. The van der Waals surface area contributed by atoms with Gasteiger partial charge in [-0.05, 0) is 6.42 Å². The maximum Gasteiger partial charge on any atom is 0.0811 e. The molecule has 0 aliphatic rings. The van der Waals surface area contributed by atoms with E-state index in [-0.39, 0.29) is 0 Å². The molecule has 0 spiro atoms. The molecule has 3 nitrogen and oxygen atoms in total. The Kier molecular flexibility index (Phi) is 23.1. The lowest BCUT2D eigenvalue weighted by Gasteiger charge is -2.00. The molecule has 1 N–H and O–H groups in total. The Bertz CT molecular complexity index is 124. The second-order valence-corrected chi connectivity index (χ2v) is 4.03. The Balaban J connectivity index is 0. The van der Waals surface area contributed by atoms with Gasteiger partial charge in [0.25, 0.3) is 0 Å². The van der Waals surface area contributed by atoms with Crippen LogP contribution in [-0.2, 0) is 0 Å². The summed E-state index contributed by atoms with van der Waals surface area (Å²) in [4.78, 5) is 9.79. The fraction of sp³-hybridized carbons (Fsp3) is 1.00. The average molecular weight is 252 g/mol. The van der Waals surface area contributed by atoms with Gasteiger partial charge in [0, 0.05) is 0 Å². The van der Waals surface area contributed by atoms with Crippen molar-refractivity contribution >= 4 is 11.9 Å². The second kappa shape index (κ2) is 20.3. The Morgan fingerprint density at radius 1 is 0.812 bits per heavy atom. The van der Waals surface area contributed by atoms with E-state index in [2.05, 4.69) is 24.0 Å². The first kappa shape index (κ1) is 18.2. The van der Waals surface area contributed by atoms with E-state index in [0.29, 0.717) is 6.54 Å². The molecule has 0 atom stereocenters. The summed E-state index contributed by atoms with van der Waals surface area (Å²) >= 11 is 3.64. The summed E-state index contributed by atoms with van der Waals surface area (Å²) < 4.78 is 6.47. The molecule has 0 aliphatic heterocycles. The smallest absolute Gasteiger partial charge is 0.0811 e. The minimum absolute atomic E-state index is 0.510. The van der Waals surface area contributed by atoms with Gasteiger partial charge in [0.1, 0.15) is 0 Å². The average Bonchev–Trinajstić information content (AvgIpc) is 2.34. The highest BCUT2D eigenvalue weighted by atomic mass is 35.5. The molecule has 0 amide bonds. The van der Waals surface area contributed by atoms with Crippen molar-refractivity contribution in [3.8, 4) is 0 Å². The van der Waals surface area contributed by atoms with Crippen molar-refractivity contribution in [1.82, 2.24) is 0 Å². The van der Waals surface area contributed by atoms with Crippen LogP contribution in [0.5, 0.6) is 0 Å². The number of halogens is 1. The van der Waals surface area contributed by atoms with Gasteiger partial charge in [-0.3, -0.25) is 4.66 Å². The third kappa shape index (κ3) is 19.4. The number of nitroso groups, excluding NO2 is 1. The minimum atomic E-state index is 0.510. The molecular weight excluding hydrogens is 226 g/mol. The van der Waals surface area contributed by atoms with Crippen molar-refractivity contribution in [3.63, 3.8) is 0 Å². The van der Waals surface area contributed by atoms with E-state index in [9.17, 15) is 4.91 Å². The lowest BCUT2D eigenvalue weighted by atomic mass is 10.1. The van der Waals surface area contributed by atoms with E-state index < -0.39 is 0 Å². The zero-order chi connectivity index (χ0) is 12.5. The van der Waals surface area contributed by atoms with Gasteiger partial charge in [-0.2, -0.15) is 4.91 Å². The third-order valence-electron chi connectivity index (χ3n) is 2.60. The molecule has 0 aliphatic carbocycles. The molecule has 0 heterocycles. The van der Waals surface area contributed by atoms with Crippen molar-refractivity contribution in [3.05, 3.63) is 4.91 Å². The minimum Gasteiger partial charge on any atom is -0.295 e. The standard InChI is InChI=1S/C12H25NO.ClHO/c1-2-3-4-5-6-7-8-9-10-11-12-13-14;1-2/h2-12H2,1H3;2H. The van der Waals surface area contributed by atoms with Crippen LogP contribution in [0.3, 0.4) is 0 Å². The summed E-state index contributed by atoms with van der Waals surface area (Å²) in [6, 6.07) is 0. The van der Waals surface area contributed by atoms with Gasteiger partial charge >= 0.3 is 0 Å². The van der Waals surface area contributed by atoms with Crippen molar-refractivity contribution in [2.45, 2.75) is 71.1 Å². The van der Waals surface area contributed by atoms with Gasteiger partial charge in [-0.25, -0.2) is 0 Å². The Morgan fingerprint density at radius 3 is 1.56 bits per heavy atom.